The van der Waals surface area contributed by atoms with Gasteiger partial charge in [0.15, 0.2) is 0 Å². The summed E-state index contributed by atoms with van der Waals surface area (Å²) in [7, 11) is -3.94. The minimum atomic E-state index is -4.61. The molecule has 0 spiro atoms. The lowest BCUT2D eigenvalue weighted by Crippen LogP contribution is -2.42. The number of hydrogen-bond acceptors (Lipinski definition) is 4. The lowest BCUT2D eigenvalue weighted by atomic mass is 10.2. The molecule has 1 aromatic rings. The minimum absolute atomic E-state index is 0.121. The minimum Gasteiger partial charge on any atom is -0.376 e. The van der Waals surface area contributed by atoms with Crippen molar-refractivity contribution in [3.8, 4) is 0 Å². The number of halogens is 3. The first-order valence-corrected chi connectivity index (χ1v) is 9.45. The van der Waals surface area contributed by atoms with Crippen LogP contribution in [0.25, 0.3) is 0 Å². The van der Waals surface area contributed by atoms with Crippen LogP contribution in [0.4, 0.5) is 18.9 Å². The van der Waals surface area contributed by atoms with Crippen molar-refractivity contribution in [1.29, 1.82) is 0 Å². The van der Waals surface area contributed by atoms with Crippen molar-refractivity contribution < 1.29 is 31.1 Å². The van der Waals surface area contributed by atoms with Crippen molar-refractivity contribution in [2.24, 2.45) is 0 Å². The molecule has 1 heterocycles. The molecule has 0 unspecified atom stereocenters. The van der Waals surface area contributed by atoms with Crippen LogP contribution in [-0.2, 0) is 25.7 Å². The van der Waals surface area contributed by atoms with Crippen molar-refractivity contribution >= 4 is 21.6 Å². The van der Waals surface area contributed by atoms with Gasteiger partial charge in [-0.05, 0) is 31.0 Å². The summed E-state index contributed by atoms with van der Waals surface area (Å²) in [5, 5.41) is 2.55. The Hall–Kier alpha value is -1.81. The van der Waals surface area contributed by atoms with E-state index in [1.165, 1.54) is 6.07 Å². The summed E-state index contributed by atoms with van der Waals surface area (Å²) in [4.78, 5) is 12.0. The standard InChI is InChI=1S/C15H19F3N2O4S/c1-25(22,23)20(10-14(21)19-9-13-6-3-7-24-13)12-5-2-4-11(8-12)15(16,17)18/h2,4-5,8,13H,3,6-7,9-10H2,1H3,(H,19,21)/t13-/m0/s1. The van der Waals surface area contributed by atoms with Crippen LogP contribution in [0.3, 0.4) is 0 Å². The van der Waals surface area contributed by atoms with Crippen LogP contribution in [0, 0.1) is 0 Å². The highest BCUT2D eigenvalue weighted by molar-refractivity contribution is 7.92. The first kappa shape index (κ1) is 19.5. The molecule has 0 aromatic heterocycles. The number of nitrogens with zero attached hydrogens (tertiary/aromatic N) is 1. The van der Waals surface area contributed by atoms with E-state index in [1.54, 1.807) is 0 Å². The molecule has 0 aliphatic carbocycles. The van der Waals surface area contributed by atoms with E-state index in [0.29, 0.717) is 17.0 Å². The fourth-order valence-electron chi connectivity index (χ4n) is 2.46. The summed E-state index contributed by atoms with van der Waals surface area (Å²) in [6, 6.07) is 3.85. The van der Waals surface area contributed by atoms with Crippen LogP contribution >= 0.6 is 0 Å². The molecule has 0 bridgehead atoms. The Morgan fingerprint density at radius 2 is 2.12 bits per heavy atom. The second-order valence-corrected chi connectivity index (χ2v) is 7.66. The number of ether oxygens (including phenoxy) is 1. The number of amides is 1. The first-order chi connectivity index (χ1) is 11.6. The molecule has 1 aromatic carbocycles. The quantitative estimate of drug-likeness (QED) is 0.816. The maximum atomic E-state index is 12.8. The van der Waals surface area contributed by atoms with E-state index < -0.39 is 34.2 Å². The average Bonchev–Trinajstić information content (AvgIpc) is 3.02. The number of alkyl halides is 3. The maximum absolute atomic E-state index is 12.8. The molecule has 25 heavy (non-hydrogen) atoms. The van der Waals surface area contributed by atoms with Crippen molar-refractivity contribution in [1.82, 2.24) is 5.32 Å². The molecule has 2 rings (SSSR count). The average molecular weight is 380 g/mol. The second-order valence-electron chi connectivity index (χ2n) is 5.76. The van der Waals surface area contributed by atoms with Crippen molar-refractivity contribution in [3.63, 3.8) is 0 Å². The molecule has 10 heteroatoms. The molecule has 1 atom stereocenters. The first-order valence-electron chi connectivity index (χ1n) is 7.60. The molecular weight excluding hydrogens is 361 g/mol. The van der Waals surface area contributed by atoms with Crippen molar-refractivity contribution in [2.75, 3.05) is 30.3 Å². The Morgan fingerprint density at radius 1 is 1.40 bits per heavy atom. The number of rotatable bonds is 6. The molecule has 140 valence electrons. The van der Waals surface area contributed by atoms with Crippen molar-refractivity contribution in [3.05, 3.63) is 29.8 Å². The fraction of sp³-hybridized carbons (Fsp3) is 0.533. The van der Waals surface area contributed by atoms with Gasteiger partial charge in [0.05, 0.1) is 23.6 Å². The molecule has 0 radical (unpaired) electrons. The van der Waals surface area contributed by atoms with Crippen molar-refractivity contribution in [2.45, 2.75) is 25.1 Å². The Labute approximate surface area is 144 Å². The number of hydrogen-bond donors (Lipinski definition) is 1. The third kappa shape index (κ3) is 5.60. The van der Waals surface area contributed by atoms with E-state index in [1.807, 2.05) is 0 Å². The van der Waals surface area contributed by atoms with Gasteiger partial charge in [0.2, 0.25) is 15.9 Å². The van der Waals surface area contributed by atoms with Gasteiger partial charge >= 0.3 is 6.18 Å². The number of carbonyl (C=O) groups excluding carboxylic acids is 1. The summed E-state index contributed by atoms with van der Waals surface area (Å²) in [5.74, 6) is -0.613. The van der Waals surface area contributed by atoms with E-state index in [4.69, 9.17) is 4.74 Å². The van der Waals surface area contributed by atoms with Gasteiger partial charge in [0.25, 0.3) is 0 Å². The lowest BCUT2D eigenvalue weighted by molar-refractivity contribution is -0.137. The predicted molar refractivity (Wildman–Crippen MR) is 85.6 cm³/mol. The smallest absolute Gasteiger partial charge is 0.376 e. The van der Waals surface area contributed by atoms with Crippen LogP contribution < -0.4 is 9.62 Å². The largest absolute Gasteiger partial charge is 0.416 e. The van der Waals surface area contributed by atoms with Crippen LogP contribution in [0.5, 0.6) is 0 Å². The molecule has 6 nitrogen and oxygen atoms in total. The zero-order valence-corrected chi connectivity index (χ0v) is 14.4. The third-order valence-corrected chi connectivity index (χ3v) is 4.84. The van der Waals surface area contributed by atoms with E-state index in [9.17, 15) is 26.4 Å². The fourth-order valence-corrected chi connectivity index (χ4v) is 3.30. The monoisotopic (exact) mass is 380 g/mol. The Bertz CT molecular complexity index is 716. The van der Waals surface area contributed by atoms with Gasteiger partial charge in [-0.3, -0.25) is 9.10 Å². The van der Waals surface area contributed by atoms with E-state index in [-0.39, 0.29) is 18.3 Å². The molecule has 1 saturated heterocycles. The van der Waals surface area contributed by atoms with Gasteiger partial charge < -0.3 is 10.1 Å². The summed E-state index contributed by atoms with van der Waals surface area (Å²) in [6.45, 7) is 0.242. The van der Waals surface area contributed by atoms with Gasteiger partial charge in [-0.2, -0.15) is 13.2 Å². The summed E-state index contributed by atoms with van der Waals surface area (Å²) < 4.78 is 68.3. The Balaban J connectivity index is 2.12. The third-order valence-electron chi connectivity index (χ3n) is 3.70. The second kappa shape index (κ2) is 7.61. The number of sulfonamides is 1. The number of anilines is 1. The molecule has 1 amide bonds. The number of nitrogens with one attached hydrogen (secondary N) is 1. The van der Waals surface area contributed by atoms with E-state index in [2.05, 4.69) is 5.32 Å². The van der Waals surface area contributed by atoms with Gasteiger partial charge in [0.1, 0.15) is 6.54 Å². The van der Waals surface area contributed by atoms with Gasteiger partial charge in [-0.25, -0.2) is 8.42 Å². The molecule has 0 saturated carbocycles. The normalized spacial score (nSPS) is 18.2. The van der Waals surface area contributed by atoms with Gasteiger partial charge in [-0.1, -0.05) is 6.07 Å². The van der Waals surface area contributed by atoms with Crippen LogP contribution in [0.15, 0.2) is 24.3 Å². The summed E-state index contributed by atoms with van der Waals surface area (Å²) in [5.41, 5.74) is -1.21. The zero-order chi connectivity index (χ0) is 18.7. The summed E-state index contributed by atoms with van der Waals surface area (Å²) >= 11 is 0. The molecule has 1 N–H and O–H groups in total. The molecule has 1 aliphatic heterocycles. The number of benzene rings is 1. The highest BCUT2D eigenvalue weighted by Crippen LogP contribution is 2.32. The van der Waals surface area contributed by atoms with Crippen LogP contribution in [0.1, 0.15) is 18.4 Å². The van der Waals surface area contributed by atoms with Gasteiger partial charge in [-0.15, -0.1) is 0 Å². The molecular formula is C15H19F3N2O4S. The van der Waals surface area contributed by atoms with Crippen LogP contribution in [0.2, 0.25) is 0 Å². The van der Waals surface area contributed by atoms with E-state index >= 15 is 0 Å². The van der Waals surface area contributed by atoms with E-state index in [0.717, 1.165) is 31.2 Å². The Kier molecular flexibility index (Phi) is 5.94. The highest BCUT2D eigenvalue weighted by atomic mass is 32.2. The lowest BCUT2D eigenvalue weighted by Gasteiger charge is -2.23. The summed E-state index contributed by atoms with van der Waals surface area (Å²) in [6.07, 6.45) is -2.21. The number of carbonyl (C=O) groups is 1. The zero-order valence-electron chi connectivity index (χ0n) is 13.5. The van der Waals surface area contributed by atoms with Crippen LogP contribution in [-0.4, -0.2) is 46.4 Å². The molecule has 1 aliphatic rings. The Morgan fingerprint density at radius 3 is 2.68 bits per heavy atom. The predicted octanol–water partition coefficient (Wildman–Crippen LogP) is 1.77. The SMILES string of the molecule is CS(=O)(=O)N(CC(=O)NC[C@@H]1CCCO1)c1cccc(C(F)(F)F)c1. The maximum Gasteiger partial charge on any atom is 0.416 e. The highest BCUT2D eigenvalue weighted by Gasteiger charge is 2.32. The topological polar surface area (TPSA) is 75.7 Å². The van der Waals surface area contributed by atoms with Gasteiger partial charge in [0, 0.05) is 13.2 Å². The molecule has 1 fully saturated rings.